The molecule has 3 heteroatoms. The first kappa shape index (κ1) is 25.5. The molecule has 0 spiro atoms. The standard InChI is InChI=1S/CH2O2.CH4.H3N/c2-1-3;;/h1H,(H,2,3);1H4;1H3. The molecule has 0 amide bonds. The van der Waals surface area contributed by atoms with Crippen LogP contribution in [-0.2, 0) is 4.79 Å². The van der Waals surface area contributed by atoms with E-state index in [9.17, 15) is 0 Å². The lowest BCUT2D eigenvalue weighted by atomic mass is 11.7. The van der Waals surface area contributed by atoms with Gasteiger partial charge in [0.25, 0.3) is 0 Å². The van der Waals surface area contributed by atoms with Gasteiger partial charge in [-0.1, -0.05) is 7.43 Å². The predicted molar refractivity (Wildman–Crippen MR) is 18.8 cm³/mol. The minimum atomic E-state index is -0.500. The van der Waals surface area contributed by atoms with Gasteiger partial charge < -0.3 is 16.1 Å². The van der Waals surface area contributed by atoms with Crippen LogP contribution in [0, 0.1) is 0 Å². The maximum Gasteiger partial charge on any atom is 0.0275 e. The van der Waals surface area contributed by atoms with Gasteiger partial charge in [-0.3, -0.25) is 0 Å². The summed E-state index contributed by atoms with van der Waals surface area (Å²) in [6.07, 6.45) is 0. The van der Waals surface area contributed by atoms with Crippen LogP contribution in [0.3, 0.4) is 0 Å². The second kappa shape index (κ2) is 110. The van der Waals surface area contributed by atoms with Crippen LogP contribution in [0.5, 0.6) is 0 Å². The van der Waals surface area contributed by atoms with Gasteiger partial charge in [0.15, 0.2) is 0 Å². The van der Waals surface area contributed by atoms with Crippen molar-refractivity contribution < 1.29 is 9.90 Å². The Morgan fingerprint density at radius 2 is 1.60 bits per heavy atom. The summed E-state index contributed by atoms with van der Waals surface area (Å²) in [5.41, 5.74) is 0. The topological polar surface area (TPSA) is 76.6 Å². The third-order valence-electron chi connectivity index (χ3n) is 0. The van der Waals surface area contributed by atoms with Crippen molar-refractivity contribution in [3.05, 3.63) is 0 Å². The molecule has 0 radical (unpaired) electrons. The SMILES string of the molecule is C.O=C[O-].[NH4+]. The van der Waals surface area contributed by atoms with Crippen molar-refractivity contribution in [1.29, 1.82) is 0 Å². The van der Waals surface area contributed by atoms with Gasteiger partial charge in [0.05, 0.1) is 0 Å². The highest BCUT2D eigenvalue weighted by Crippen LogP contribution is 0.754. The Bertz CT molecular complexity index is 15.1. The molecule has 0 aromatic carbocycles. The Kier molecular flexibility index (Phi) is 558. The fourth-order valence-electron chi connectivity index (χ4n) is 0. The van der Waals surface area contributed by atoms with Gasteiger partial charge in [-0.05, 0) is 0 Å². The van der Waals surface area contributed by atoms with Crippen molar-refractivity contribution in [2.75, 3.05) is 0 Å². The van der Waals surface area contributed by atoms with Crippen molar-refractivity contribution in [3.8, 4) is 0 Å². The van der Waals surface area contributed by atoms with E-state index in [-0.39, 0.29) is 13.6 Å². The number of quaternary nitrogens is 1. The Labute approximate surface area is 31.2 Å². The molecule has 5 heavy (non-hydrogen) atoms. The van der Waals surface area contributed by atoms with Gasteiger partial charge >= 0.3 is 0 Å². The lowest BCUT2D eigenvalue weighted by Gasteiger charge is -1.52. The van der Waals surface area contributed by atoms with Crippen molar-refractivity contribution in [3.63, 3.8) is 0 Å². The second-order valence-corrected chi connectivity index (χ2v) is 0.0962. The van der Waals surface area contributed by atoms with E-state index in [4.69, 9.17) is 9.90 Å². The zero-order chi connectivity index (χ0) is 2.71. The molecule has 0 fully saturated rings. The van der Waals surface area contributed by atoms with Crippen molar-refractivity contribution in [2.24, 2.45) is 0 Å². The molecule has 0 saturated heterocycles. The fraction of sp³-hybridized carbons (Fsp3) is 0.500. The quantitative estimate of drug-likeness (QED) is 0.393. The van der Waals surface area contributed by atoms with E-state index in [1.807, 2.05) is 0 Å². The molecule has 0 aliphatic heterocycles. The molecule has 0 unspecified atom stereocenters. The number of carbonyl (C=O) groups excluding carboxylic acids is 1. The normalized spacial score (nSPS) is 2.40. The molecular formula is C2H9NO2. The Hall–Kier alpha value is -0.570. The number of rotatable bonds is 0. The monoisotopic (exact) mass is 79.1 g/mol. The minimum absolute atomic E-state index is 0. The largest absolute Gasteiger partial charge is 0.554 e. The van der Waals surface area contributed by atoms with Crippen LogP contribution in [0.1, 0.15) is 7.43 Å². The number of carbonyl (C=O) groups is 1. The number of hydrogen-bond acceptors (Lipinski definition) is 2. The summed E-state index contributed by atoms with van der Waals surface area (Å²) in [5.74, 6) is 0. The smallest absolute Gasteiger partial charge is 0.0275 e. The highest BCUT2D eigenvalue weighted by Gasteiger charge is 0.996. The summed E-state index contributed by atoms with van der Waals surface area (Å²) in [7, 11) is 0. The van der Waals surface area contributed by atoms with Gasteiger partial charge in [0.1, 0.15) is 0 Å². The average molecular weight is 79.1 g/mol. The minimum Gasteiger partial charge on any atom is -0.554 e. The average Bonchev–Trinajstić information content (AvgIpc) is 0.918. The molecule has 0 aromatic rings. The van der Waals surface area contributed by atoms with E-state index in [1.165, 1.54) is 0 Å². The number of carboxylic acid groups (broad SMARTS) is 1. The summed E-state index contributed by atoms with van der Waals surface area (Å²) in [5, 5.41) is 8.25. The molecule has 0 atom stereocenters. The van der Waals surface area contributed by atoms with Crippen molar-refractivity contribution in [2.45, 2.75) is 7.43 Å². The summed E-state index contributed by atoms with van der Waals surface area (Å²) >= 11 is 0. The molecule has 3 nitrogen and oxygen atoms in total. The molecule has 0 saturated carbocycles. The molecule has 0 rings (SSSR count). The zero-order valence-corrected chi connectivity index (χ0v) is 2.39. The van der Waals surface area contributed by atoms with Gasteiger partial charge in [0.2, 0.25) is 0 Å². The van der Waals surface area contributed by atoms with Gasteiger partial charge in [-0.15, -0.1) is 0 Å². The Morgan fingerprint density at radius 1 is 1.60 bits per heavy atom. The zero-order valence-electron chi connectivity index (χ0n) is 2.39. The Morgan fingerprint density at radius 3 is 1.60 bits per heavy atom. The molecule has 0 heterocycles. The van der Waals surface area contributed by atoms with E-state index in [0.29, 0.717) is 0 Å². The van der Waals surface area contributed by atoms with E-state index in [0.717, 1.165) is 0 Å². The van der Waals surface area contributed by atoms with E-state index < -0.39 is 6.47 Å². The van der Waals surface area contributed by atoms with E-state index in [1.54, 1.807) is 0 Å². The molecule has 0 aliphatic rings. The molecule has 34 valence electrons. The van der Waals surface area contributed by atoms with Crippen LogP contribution in [-0.4, -0.2) is 6.47 Å². The maximum absolute atomic E-state index is 8.25. The first-order chi connectivity index (χ1) is 1.41. The maximum atomic E-state index is 8.25. The molecule has 0 aliphatic carbocycles. The van der Waals surface area contributed by atoms with E-state index in [2.05, 4.69) is 0 Å². The van der Waals surface area contributed by atoms with Crippen LogP contribution in [0.25, 0.3) is 0 Å². The van der Waals surface area contributed by atoms with Crippen LogP contribution in [0.2, 0.25) is 0 Å². The van der Waals surface area contributed by atoms with Crippen molar-refractivity contribution in [1.82, 2.24) is 6.15 Å². The van der Waals surface area contributed by atoms with Gasteiger partial charge in [-0.25, -0.2) is 0 Å². The Balaban J connectivity index is -0.0000000200. The lowest BCUT2D eigenvalue weighted by molar-refractivity contribution is -0.283. The van der Waals surface area contributed by atoms with Crippen molar-refractivity contribution >= 4 is 6.47 Å². The highest BCUT2D eigenvalue weighted by molar-refractivity contribution is 5.29. The summed E-state index contributed by atoms with van der Waals surface area (Å²) in [6.45, 7) is -0.500. The second-order valence-electron chi connectivity index (χ2n) is 0.0962. The third kappa shape index (κ3) is 21.6. The highest BCUT2D eigenvalue weighted by atomic mass is 16.3. The predicted octanol–water partition coefficient (Wildman–Crippen LogP) is -0.622. The third-order valence-corrected chi connectivity index (χ3v) is 0. The summed E-state index contributed by atoms with van der Waals surface area (Å²) in [4.78, 5) is 8.25. The van der Waals surface area contributed by atoms with Gasteiger partial charge in [-0.2, -0.15) is 0 Å². The molecule has 4 N–H and O–H groups in total. The van der Waals surface area contributed by atoms with Crippen LogP contribution in [0.4, 0.5) is 0 Å². The van der Waals surface area contributed by atoms with E-state index >= 15 is 0 Å². The molecule has 0 bridgehead atoms. The van der Waals surface area contributed by atoms with Gasteiger partial charge in [0, 0.05) is 6.47 Å². The fourth-order valence-corrected chi connectivity index (χ4v) is 0. The summed E-state index contributed by atoms with van der Waals surface area (Å²) < 4.78 is 0. The molecular weight excluding hydrogens is 70.0 g/mol. The molecule has 0 aromatic heterocycles. The first-order valence-corrected chi connectivity index (χ1v) is 0.471. The number of hydrogen-bond donors (Lipinski definition) is 1. The first-order valence-electron chi connectivity index (χ1n) is 0.471. The van der Waals surface area contributed by atoms with Crippen LogP contribution in [0.15, 0.2) is 0 Å². The van der Waals surface area contributed by atoms with Crippen LogP contribution < -0.4 is 11.3 Å². The van der Waals surface area contributed by atoms with Crippen LogP contribution >= 0.6 is 0 Å². The lowest BCUT2D eigenvalue weighted by Crippen LogP contribution is -2.01. The summed E-state index contributed by atoms with van der Waals surface area (Å²) in [6, 6.07) is 0.